The molecule has 1 aliphatic rings. The Morgan fingerprint density at radius 1 is 1.28 bits per heavy atom. The Hall–Kier alpha value is -1.51. The van der Waals surface area contributed by atoms with Crippen LogP contribution >= 0.6 is 34.7 Å². The summed E-state index contributed by atoms with van der Waals surface area (Å²) < 4.78 is 29.1. The van der Waals surface area contributed by atoms with Gasteiger partial charge in [-0.1, -0.05) is 11.6 Å². The van der Waals surface area contributed by atoms with Gasteiger partial charge in [0.05, 0.1) is 10.7 Å². The van der Waals surface area contributed by atoms with Crippen LogP contribution < -0.4 is 15.0 Å². The van der Waals surface area contributed by atoms with Crippen molar-refractivity contribution in [3.63, 3.8) is 0 Å². The van der Waals surface area contributed by atoms with E-state index in [0.717, 1.165) is 41.6 Å². The van der Waals surface area contributed by atoms with Gasteiger partial charge in [0.2, 0.25) is 0 Å². The van der Waals surface area contributed by atoms with E-state index in [1.807, 2.05) is 17.8 Å². The molecule has 1 aliphatic heterocycles. The molecule has 2 heterocycles. The number of anilines is 2. The molecule has 0 saturated carbocycles. The minimum absolute atomic E-state index is 0.0913. The zero-order valence-corrected chi connectivity index (χ0v) is 15.4. The molecule has 1 aromatic carbocycles. The minimum atomic E-state index is -2.97. The van der Waals surface area contributed by atoms with Crippen LogP contribution in [-0.4, -0.2) is 37.1 Å². The summed E-state index contributed by atoms with van der Waals surface area (Å²) in [5, 5.41) is 4.73. The first kappa shape index (κ1) is 18.3. The van der Waals surface area contributed by atoms with Gasteiger partial charge in [-0.2, -0.15) is 20.5 Å². The Labute approximate surface area is 157 Å². The number of alkyl halides is 2. The molecule has 2 aromatic rings. The third-order valence-corrected chi connectivity index (χ3v) is 5.75. The highest BCUT2D eigenvalue weighted by Crippen LogP contribution is 2.32. The molecule has 0 radical (unpaired) electrons. The normalized spacial score (nSPS) is 14.6. The molecule has 1 aromatic heterocycles. The van der Waals surface area contributed by atoms with E-state index in [1.54, 1.807) is 12.1 Å². The van der Waals surface area contributed by atoms with Gasteiger partial charge in [-0.05, 0) is 29.6 Å². The molecule has 1 saturated heterocycles. The third kappa shape index (κ3) is 4.56. The molecule has 9 heteroatoms. The van der Waals surface area contributed by atoms with Crippen molar-refractivity contribution in [3.05, 3.63) is 39.5 Å². The maximum atomic E-state index is 12.4. The van der Waals surface area contributed by atoms with Gasteiger partial charge in [-0.25, -0.2) is 0 Å². The van der Waals surface area contributed by atoms with Crippen molar-refractivity contribution in [2.24, 2.45) is 0 Å². The number of hydrogen-bond donors (Lipinski definition) is 1. The minimum Gasteiger partial charge on any atom is -0.433 e. The quantitative estimate of drug-likeness (QED) is 0.776. The maximum Gasteiger partial charge on any atom is 0.387 e. The first-order chi connectivity index (χ1) is 12.0. The maximum absolute atomic E-state index is 12.4. The molecular weight excluding hydrogens is 390 g/mol. The zero-order valence-electron chi connectivity index (χ0n) is 13.0. The van der Waals surface area contributed by atoms with Crippen molar-refractivity contribution in [2.45, 2.75) is 6.61 Å². The van der Waals surface area contributed by atoms with Gasteiger partial charge in [0.25, 0.3) is 5.91 Å². The number of ether oxygens (including phenoxy) is 1. The number of thioether (sulfide) groups is 1. The average Bonchev–Trinajstić information content (AvgIpc) is 3.03. The number of carbonyl (C=O) groups excluding carboxylic acids is 1. The number of nitrogens with zero attached hydrogens (tertiary/aromatic N) is 1. The van der Waals surface area contributed by atoms with Crippen molar-refractivity contribution < 1.29 is 18.3 Å². The first-order valence-corrected chi connectivity index (χ1v) is 9.91. The largest absolute Gasteiger partial charge is 0.433 e. The molecule has 1 amide bonds. The number of amides is 1. The monoisotopic (exact) mass is 404 g/mol. The van der Waals surface area contributed by atoms with Crippen molar-refractivity contribution in [1.29, 1.82) is 0 Å². The van der Waals surface area contributed by atoms with Gasteiger partial charge in [0.1, 0.15) is 10.6 Å². The van der Waals surface area contributed by atoms with Gasteiger partial charge in [0, 0.05) is 30.3 Å². The Morgan fingerprint density at radius 3 is 2.72 bits per heavy atom. The topological polar surface area (TPSA) is 41.6 Å². The lowest BCUT2D eigenvalue weighted by molar-refractivity contribution is -0.0498. The van der Waals surface area contributed by atoms with Crippen molar-refractivity contribution >= 4 is 52.0 Å². The molecule has 1 N–H and O–H groups in total. The second kappa shape index (κ2) is 8.25. The third-order valence-electron chi connectivity index (χ3n) is 3.61. The smallest absolute Gasteiger partial charge is 0.387 e. The van der Waals surface area contributed by atoms with E-state index in [0.29, 0.717) is 10.7 Å². The highest BCUT2D eigenvalue weighted by atomic mass is 35.5. The number of hydrogen-bond acceptors (Lipinski definition) is 5. The number of nitrogens with one attached hydrogen (secondary N) is 1. The van der Waals surface area contributed by atoms with E-state index in [9.17, 15) is 13.6 Å². The summed E-state index contributed by atoms with van der Waals surface area (Å²) in [6.07, 6.45) is 0. The Kier molecular flexibility index (Phi) is 6.03. The molecule has 0 aliphatic carbocycles. The molecule has 0 unspecified atom stereocenters. The van der Waals surface area contributed by atoms with Gasteiger partial charge >= 0.3 is 6.61 Å². The van der Waals surface area contributed by atoms with Crippen molar-refractivity contribution in [3.8, 4) is 5.75 Å². The predicted octanol–water partition coefficient (Wildman–Crippen LogP) is 4.81. The summed E-state index contributed by atoms with van der Waals surface area (Å²) in [7, 11) is 0. The average molecular weight is 405 g/mol. The van der Waals surface area contributed by atoms with Crippen LogP contribution in [0.15, 0.2) is 29.6 Å². The van der Waals surface area contributed by atoms with E-state index < -0.39 is 12.5 Å². The Bertz CT molecular complexity index is 751. The molecule has 134 valence electrons. The van der Waals surface area contributed by atoms with Crippen molar-refractivity contribution in [1.82, 2.24) is 0 Å². The second-order valence-corrected chi connectivity index (χ2v) is 7.76. The van der Waals surface area contributed by atoms with Crippen LogP contribution in [0.1, 0.15) is 9.67 Å². The molecular formula is C16H15ClF2N2O2S2. The zero-order chi connectivity index (χ0) is 17.8. The van der Waals surface area contributed by atoms with Gasteiger partial charge in [-0.3, -0.25) is 4.79 Å². The van der Waals surface area contributed by atoms with Crippen LogP contribution in [0.25, 0.3) is 0 Å². The van der Waals surface area contributed by atoms with Crippen LogP contribution in [0.5, 0.6) is 5.75 Å². The van der Waals surface area contributed by atoms with E-state index in [2.05, 4.69) is 15.0 Å². The van der Waals surface area contributed by atoms with Gasteiger partial charge in [-0.15, -0.1) is 11.3 Å². The number of halogens is 3. The van der Waals surface area contributed by atoms with Crippen molar-refractivity contribution in [2.75, 3.05) is 34.8 Å². The Morgan fingerprint density at radius 2 is 2.04 bits per heavy atom. The molecule has 0 spiro atoms. The van der Waals surface area contributed by atoms with E-state index in [4.69, 9.17) is 11.6 Å². The molecule has 4 nitrogen and oxygen atoms in total. The SMILES string of the molecule is O=C(Nc1ccc(N2CCSCC2)c(Cl)c1)c1sccc1OC(F)F. The van der Waals surface area contributed by atoms with Crippen LogP contribution in [0, 0.1) is 0 Å². The molecule has 0 bridgehead atoms. The second-order valence-electron chi connectivity index (χ2n) is 5.21. The fraction of sp³-hybridized carbons (Fsp3) is 0.312. The fourth-order valence-corrected chi connectivity index (χ4v) is 4.41. The Balaban J connectivity index is 1.71. The summed E-state index contributed by atoms with van der Waals surface area (Å²) in [6, 6.07) is 6.62. The summed E-state index contributed by atoms with van der Waals surface area (Å²) in [5.74, 6) is 1.47. The van der Waals surface area contributed by atoms with Crippen LogP contribution in [-0.2, 0) is 0 Å². The van der Waals surface area contributed by atoms with E-state index >= 15 is 0 Å². The lowest BCUT2D eigenvalue weighted by Gasteiger charge is -2.29. The number of thiophene rings is 1. The summed E-state index contributed by atoms with van der Waals surface area (Å²) in [6.45, 7) is -1.11. The summed E-state index contributed by atoms with van der Waals surface area (Å²) in [4.78, 5) is 14.6. The predicted molar refractivity (Wildman–Crippen MR) is 99.9 cm³/mol. The lowest BCUT2D eigenvalue weighted by Crippen LogP contribution is -2.32. The highest BCUT2D eigenvalue weighted by Gasteiger charge is 2.19. The molecule has 0 atom stereocenters. The number of rotatable bonds is 5. The molecule has 1 fully saturated rings. The van der Waals surface area contributed by atoms with E-state index in [1.165, 1.54) is 11.4 Å². The van der Waals surface area contributed by atoms with Crippen LogP contribution in [0.3, 0.4) is 0 Å². The van der Waals surface area contributed by atoms with Gasteiger partial charge < -0.3 is 15.0 Å². The van der Waals surface area contributed by atoms with Crippen LogP contribution in [0.2, 0.25) is 5.02 Å². The van der Waals surface area contributed by atoms with Gasteiger partial charge in [0.15, 0.2) is 0 Å². The number of carbonyl (C=O) groups is 1. The highest BCUT2D eigenvalue weighted by molar-refractivity contribution is 7.99. The van der Waals surface area contributed by atoms with Crippen LogP contribution in [0.4, 0.5) is 20.2 Å². The summed E-state index contributed by atoms with van der Waals surface area (Å²) in [5.41, 5.74) is 1.43. The standard InChI is InChI=1S/C16H15ClF2N2O2S2/c17-11-9-10(1-2-12(11)21-4-7-24-8-5-21)20-15(22)14-13(3-6-25-14)23-16(18)19/h1-3,6,9,16H,4-5,7-8H2,(H,20,22). The first-order valence-electron chi connectivity index (χ1n) is 7.50. The fourth-order valence-electron chi connectivity index (χ4n) is 2.49. The lowest BCUT2D eigenvalue weighted by atomic mass is 10.2. The molecule has 25 heavy (non-hydrogen) atoms. The van der Waals surface area contributed by atoms with E-state index in [-0.39, 0.29) is 10.6 Å². The molecule has 3 rings (SSSR count). The summed E-state index contributed by atoms with van der Waals surface area (Å²) >= 11 is 9.29. The number of benzene rings is 1.